The molecule has 0 aliphatic carbocycles. The molecule has 1 spiro atoms. The Bertz CT molecular complexity index is 820. The lowest BCUT2D eigenvalue weighted by molar-refractivity contribution is -0.166. The Morgan fingerprint density at radius 3 is 2.81 bits per heavy atom. The fourth-order valence-electron chi connectivity index (χ4n) is 3.85. The standard InChI is InChI=1S/C19H20F2N2O2S/c1-12-6-9-26-17(12)16-10-19(25-22-16)7-3-8-23(18(19)24)11-13-14(20)4-2-5-15(13)21/h2,4-6,9,16,22H,3,7-8,10-11H2,1H3/t16?,19-/m0/s1. The summed E-state index contributed by atoms with van der Waals surface area (Å²) in [4.78, 5) is 21.6. The molecule has 2 saturated heterocycles. The van der Waals surface area contributed by atoms with Gasteiger partial charge < -0.3 is 4.90 Å². The summed E-state index contributed by atoms with van der Waals surface area (Å²) in [5.41, 5.74) is 3.15. The van der Waals surface area contributed by atoms with Crippen LogP contribution in [-0.4, -0.2) is 23.0 Å². The van der Waals surface area contributed by atoms with Crippen LogP contribution in [0.4, 0.5) is 8.78 Å². The number of piperidine rings is 1. The van der Waals surface area contributed by atoms with Gasteiger partial charge in [-0.2, -0.15) is 5.48 Å². The molecule has 2 atom stereocenters. The number of halogens is 2. The average molecular weight is 378 g/mol. The van der Waals surface area contributed by atoms with Gasteiger partial charge >= 0.3 is 0 Å². The first-order valence-electron chi connectivity index (χ1n) is 8.70. The molecule has 7 heteroatoms. The Morgan fingerprint density at radius 1 is 1.35 bits per heavy atom. The molecular formula is C19H20F2N2O2S. The van der Waals surface area contributed by atoms with E-state index in [-0.39, 0.29) is 24.1 Å². The lowest BCUT2D eigenvalue weighted by Crippen LogP contribution is -2.53. The number of hydrogen-bond donors (Lipinski definition) is 1. The molecule has 0 saturated carbocycles. The van der Waals surface area contributed by atoms with Gasteiger partial charge in [-0.15, -0.1) is 11.3 Å². The van der Waals surface area contributed by atoms with E-state index < -0.39 is 17.2 Å². The summed E-state index contributed by atoms with van der Waals surface area (Å²) in [6, 6.07) is 5.76. The minimum absolute atomic E-state index is 0.0379. The smallest absolute Gasteiger partial charge is 0.257 e. The molecule has 1 aromatic carbocycles. The first kappa shape index (κ1) is 17.6. The van der Waals surface area contributed by atoms with E-state index in [1.165, 1.54) is 28.7 Å². The first-order chi connectivity index (χ1) is 12.5. The Hall–Kier alpha value is -1.83. The van der Waals surface area contributed by atoms with Gasteiger partial charge in [0.2, 0.25) is 0 Å². The molecule has 2 aromatic rings. The van der Waals surface area contributed by atoms with E-state index in [1.54, 1.807) is 11.3 Å². The largest absolute Gasteiger partial charge is 0.336 e. The SMILES string of the molecule is Cc1ccsc1C1C[C@]2(CCCN(Cc3c(F)cccc3F)C2=O)ON1. The molecule has 0 radical (unpaired) electrons. The molecule has 2 fully saturated rings. The van der Waals surface area contributed by atoms with Gasteiger partial charge in [-0.05, 0) is 48.9 Å². The molecule has 0 bridgehead atoms. The van der Waals surface area contributed by atoms with Gasteiger partial charge in [-0.1, -0.05) is 6.07 Å². The van der Waals surface area contributed by atoms with Gasteiger partial charge in [-0.3, -0.25) is 9.63 Å². The number of carbonyl (C=O) groups is 1. The van der Waals surface area contributed by atoms with Gasteiger partial charge in [0, 0.05) is 23.4 Å². The summed E-state index contributed by atoms with van der Waals surface area (Å²) in [5.74, 6) is -1.46. The molecule has 2 aliphatic heterocycles. The number of hydrogen-bond acceptors (Lipinski definition) is 4. The second kappa shape index (κ2) is 6.72. The fourth-order valence-corrected chi connectivity index (χ4v) is 4.81. The Kier molecular flexibility index (Phi) is 4.54. The third-order valence-corrected chi connectivity index (χ3v) is 6.38. The van der Waals surface area contributed by atoms with E-state index in [9.17, 15) is 13.6 Å². The fraction of sp³-hybridized carbons (Fsp3) is 0.421. The zero-order valence-corrected chi connectivity index (χ0v) is 15.2. The van der Waals surface area contributed by atoms with Gasteiger partial charge in [0.1, 0.15) is 11.6 Å². The number of rotatable bonds is 3. The number of thiophene rings is 1. The summed E-state index contributed by atoms with van der Waals surface area (Å²) in [6.45, 7) is 2.43. The number of carbonyl (C=O) groups excluding carboxylic acids is 1. The highest BCUT2D eigenvalue weighted by Crippen LogP contribution is 2.42. The average Bonchev–Trinajstić information content (AvgIpc) is 3.22. The number of nitrogens with zero attached hydrogens (tertiary/aromatic N) is 1. The van der Waals surface area contributed by atoms with Crippen molar-refractivity contribution in [3.05, 3.63) is 57.3 Å². The van der Waals surface area contributed by atoms with Crippen molar-refractivity contribution < 1.29 is 18.4 Å². The highest BCUT2D eigenvalue weighted by atomic mass is 32.1. The molecule has 1 unspecified atom stereocenters. The molecule has 2 aliphatic rings. The second-order valence-electron chi connectivity index (χ2n) is 6.97. The molecule has 4 rings (SSSR count). The summed E-state index contributed by atoms with van der Waals surface area (Å²) < 4.78 is 27.9. The minimum atomic E-state index is -0.957. The predicted molar refractivity (Wildman–Crippen MR) is 94.4 cm³/mol. The third kappa shape index (κ3) is 2.94. The summed E-state index contributed by atoms with van der Waals surface area (Å²) >= 11 is 1.64. The lowest BCUT2D eigenvalue weighted by atomic mass is 9.86. The summed E-state index contributed by atoms with van der Waals surface area (Å²) in [5, 5.41) is 2.02. The predicted octanol–water partition coefficient (Wildman–Crippen LogP) is 3.86. The number of hydroxylamine groups is 1. The molecule has 1 aromatic heterocycles. The van der Waals surface area contributed by atoms with E-state index in [2.05, 4.69) is 5.48 Å². The van der Waals surface area contributed by atoms with Crippen LogP contribution in [0.15, 0.2) is 29.6 Å². The molecule has 138 valence electrons. The van der Waals surface area contributed by atoms with Crippen molar-refractivity contribution in [3.63, 3.8) is 0 Å². The van der Waals surface area contributed by atoms with Crippen LogP contribution in [0.1, 0.15) is 41.3 Å². The summed E-state index contributed by atoms with van der Waals surface area (Å²) in [6.07, 6.45) is 1.87. The quantitative estimate of drug-likeness (QED) is 0.882. The van der Waals surface area contributed by atoms with Gasteiger partial charge in [0.15, 0.2) is 5.60 Å². The monoisotopic (exact) mass is 378 g/mol. The Morgan fingerprint density at radius 2 is 2.12 bits per heavy atom. The Balaban J connectivity index is 1.54. The van der Waals surface area contributed by atoms with Crippen LogP contribution in [0.25, 0.3) is 0 Å². The Labute approximate surface area is 154 Å². The maximum Gasteiger partial charge on any atom is 0.257 e. The van der Waals surface area contributed by atoms with Gasteiger partial charge in [0.05, 0.1) is 12.6 Å². The van der Waals surface area contributed by atoms with Crippen LogP contribution in [0.5, 0.6) is 0 Å². The van der Waals surface area contributed by atoms with Crippen LogP contribution in [-0.2, 0) is 16.2 Å². The van der Waals surface area contributed by atoms with Crippen LogP contribution >= 0.6 is 11.3 Å². The van der Waals surface area contributed by atoms with Crippen LogP contribution in [0.2, 0.25) is 0 Å². The second-order valence-corrected chi connectivity index (χ2v) is 7.92. The maximum atomic E-state index is 14.0. The van der Waals surface area contributed by atoms with E-state index >= 15 is 0 Å². The molecule has 1 N–H and O–H groups in total. The molecule has 1 amide bonds. The van der Waals surface area contributed by atoms with Crippen molar-refractivity contribution in [3.8, 4) is 0 Å². The minimum Gasteiger partial charge on any atom is -0.336 e. The van der Waals surface area contributed by atoms with Crippen molar-refractivity contribution >= 4 is 17.2 Å². The van der Waals surface area contributed by atoms with Crippen LogP contribution < -0.4 is 5.48 Å². The lowest BCUT2D eigenvalue weighted by Gasteiger charge is -2.37. The molecular weight excluding hydrogens is 358 g/mol. The number of aryl methyl sites for hydroxylation is 1. The van der Waals surface area contributed by atoms with E-state index in [1.807, 2.05) is 18.4 Å². The van der Waals surface area contributed by atoms with Crippen molar-refractivity contribution in [1.29, 1.82) is 0 Å². The van der Waals surface area contributed by atoms with Crippen molar-refractivity contribution in [2.75, 3.05) is 6.54 Å². The highest BCUT2D eigenvalue weighted by Gasteiger charge is 2.51. The maximum absolute atomic E-state index is 14.0. The van der Waals surface area contributed by atoms with E-state index in [4.69, 9.17) is 4.84 Å². The highest BCUT2D eigenvalue weighted by molar-refractivity contribution is 7.10. The third-order valence-electron chi connectivity index (χ3n) is 5.24. The number of amides is 1. The van der Waals surface area contributed by atoms with Crippen molar-refractivity contribution in [1.82, 2.24) is 10.4 Å². The zero-order valence-electron chi connectivity index (χ0n) is 14.4. The number of likely N-dealkylation sites (tertiary alicyclic amines) is 1. The molecule has 3 heterocycles. The first-order valence-corrected chi connectivity index (χ1v) is 9.58. The molecule has 26 heavy (non-hydrogen) atoms. The van der Waals surface area contributed by atoms with Gasteiger partial charge in [0.25, 0.3) is 5.91 Å². The zero-order chi connectivity index (χ0) is 18.3. The van der Waals surface area contributed by atoms with Crippen molar-refractivity contribution in [2.45, 2.75) is 44.4 Å². The normalized spacial score (nSPS) is 26.0. The topological polar surface area (TPSA) is 41.6 Å². The summed E-state index contributed by atoms with van der Waals surface area (Å²) in [7, 11) is 0. The van der Waals surface area contributed by atoms with E-state index in [0.717, 1.165) is 11.3 Å². The van der Waals surface area contributed by atoms with E-state index in [0.29, 0.717) is 19.4 Å². The number of benzene rings is 1. The van der Waals surface area contributed by atoms with Gasteiger partial charge in [-0.25, -0.2) is 8.78 Å². The number of nitrogens with one attached hydrogen (secondary N) is 1. The van der Waals surface area contributed by atoms with Crippen molar-refractivity contribution in [2.24, 2.45) is 0 Å². The molecule has 4 nitrogen and oxygen atoms in total. The van der Waals surface area contributed by atoms with Crippen LogP contribution in [0.3, 0.4) is 0 Å². The van der Waals surface area contributed by atoms with Crippen LogP contribution in [0, 0.1) is 18.6 Å².